The third-order valence-electron chi connectivity index (χ3n) is 4.65. The lowest BCUT2D eigenvalue weighted by molar-refractivity contribution is -0.124. The van der Waals surface area contributed by atoms with Gasteiger partial charge in [0.05, 0.1) is 6.54 Å². The van der Waals surface area contributed by atoms with E-state index in [1.807, 2.05) is 24.3 Å². The molecule has 1 unspecified atom stereocenters. The van der Waals surface area contributed by atoms with Gasteiger partial charge in [0.1, 0.15) is 17.5 Å². The fraction of sp³-hybridized carbons (Fsp3) is 0.364. The van der Waals surface area contributed by atoms with Gasteiger partial charge in [0.2, 0.25) is 0 Å². The van der Waals surface area contributed by atoms with Crippen molar-refractivity contribution in [3.63, 3.8) is 0 Å². The van der Waals surface area contributed by atoms with E-state index < -0.39 is 17.7 Å². The van der Waals surface area contributed by atoms with E-state index in [2.05, 4.69) is 0 Å². The lowest BCUT2D eigenvalue weighted by Crippen LogP contribution is -2.54. The minimum Gasteiger partial charge on any atom is -0.444 e. The molecule has 1 atom stereocenters. The van der Waals surface area contributed by atoms with Crippen LogP contribution in [0, 0.1) is 5.82 Å². The van der Waals surface area contributed by atoms with Gasteiger partial charge in [-0.15, -0.1) is 0 Å². The summed E-state index contributed by atoms with van der Waals surface area (Å²) in [5.74, 6) is -0.506. The van der Waals surface area contributed by atoms with Crippen molar-refractivity contribution < 1.29 is 18.7 Å². The monoisotopic (exact) mass is 384 g/mol. The van der Waals surface area contributed by atoms with Gasteiger partial charge in [0, 0.05) is 19.2 Å². The maximum absolute atomic E-state index is 13.3. The Hall–Kier alpha value is -2.89. The maximum atomic E-state index is 13.3. The van der Waals surface area contributed by atoms with Gasteiger partial charge in [-0.05, 0) is 50.1 Å². The van der Waals surface area contributed by atoms with Gasteiger partial charge in [0.15, 0.2) is 0 Å². The number of likely N-dealkylation sites (N-methyl/N-ethyl adjacent to an activating group) is 1. The number of para-hydroxylation sites is 1. The number of amides is 2. The van der Waals surface area contributed by atoms with Crippen LogP contribution >= 0.6 is 0 Å². The molecule has 0 aliphatic carbocycles. The van der Waals surface area contributed by atoms with Crippen molar-refractivity contribution in [2.45, 2.75) is 45.4 Å². The molecule has 2 aromatic rings. The molecular formula is C22H25FN2O3. The number of rotatable bonds is 3. The summed E-state index contributed by atoms with van der Waals surface area (Å²) < 4.78 is 18.7. The van der Waals surface area contributed by atoms with Crippen molar-refractivity contribution in [3.8, 4) is 0 Å². The molecule has 1 aliphatic rings. The maximum Gasteiger partial charge on any atom is 0.410 e. The summed E-state index contributed by atoms with van der Waals surface area (Å²) in [6, 6.07) is 13.0. The Labute approximate surface area is 164 Å². The average molecular weight is 384 g/mol. The van der Waals surface area contributed by atoms with Crippen LogP contribution < -0.4 is 4.90 Å². The van der Waals surface area contributed by atoms with Gasteiger partial charge in [-0.2, -0.15) is 0 Å². The fourth-order valence-corrected chi connectivity index (χ4v) is 3.24. The molecule has 3 rings (SSSR count). The van der Waals surface area contributed by atoms with Gasteiger partial charge in [-0.25, -0.2) is 9.18 Å². The number of ether oxygens (including phenoxy) is 1. The van der Waals surface area contributed by atoms with E-state index in [4.69, 9.17) is 4.74 Å². The highest BCUT2D eigenvalue weighted by atomic mass is 19.1. The van der Waals surface area contributed by atoms with Gasteiger partial charge >= 0.3 is 6.09 Å². The topological polar surface area (TPSA) is 49.9 Å². The highest BCUT2D eigenvalue weighted by Crippen LogP contribution is 2.31. The van der Waals surface area contributed by atoms with E-state index in [9.17, 15) is 14.0 Å². The number of fused-ring (bicyclic) bond motifs is 1. The zero-order valence-corrected chi connectivity index (χ0v) is 16.6. The summed E-state index contributed by atoms with van der Waals surface area (Å²) in [4.78, 5) is 28.8. The first-order valence-electron chi connectivity index (χ1n) is 9.25. The lowest BCUT2D eigenvalue weighted by atomic mass is 9.95. The summed E-state index contributed by atoms with van der Waals surface area (Å²) >= 11 is 0. The normalized spacial score (nSPS) is 16.5. The molecule has 0 radical (unpaired) electrons. The number of hydrogen-bond donors (Lipinski definition) is 0. The minimum absolute atomic E-state index is 0.184. The second kappa shape index (κ2) is 7.62. The molecule has 0 aromatic heterocycles. The van der Waals surface area contributed by atoms with Gasteiger partial charge in [-0.1, -0.05) is 30.3 Å². The lowest BCUT2D eigenvalue weighted by Gasteiger charge is -2.38. The average Bonchev–Trinajstić information content (AvgIpc) is 2.63. The molecule has 0 saturated carbocycles. The molecule has 148 valence electrons. The number of benzene rings is 2. The summed E-state index contributed by atoms with van der Waals surface area (Å²) in [6.45, 7) is 5.67. The predicted molar refractivity (Wildman–Crippen MR) is 106 cm³/mol. The minimum atomic E-state index is -0.662. The standard InChI is InChI=1S/C22H25FN2O3/c1-22(2,3)28-21(27)24(4)19-13-16-7-5-6-8-18(16)25(20(19)26)14-15-9-11-17(23)12-10-15/h5-12,19H,13-14H2,1-4H3. The summed E-state index contributed by atoms with van der Waals surface area (Å²) in [6.07, 6.45) is -0.114. The van der Waals surface area contributed by atoms with E-state index in [1.54, 1.807) is 44.9 Å². The Kier molecular flexibility index (Phi) is 5.40. The molecule has 1 heterocycles. The molecule has 5 nitrogen and oxygen atoms in total. The smallest absolute Gasteiger partial charge is 0.410 e. The van der Waals surface area contributed by atoms with E-state index in [-0.39, 0.29) is 11.7 Å². The molecule has 0 N–H and O–H groups in total. The zero-order chi connectivity index (χ0) is 20.5. The van der Waals surface area contributed by atoms with Crippen LogP contribution in [0.25, 0.3) is 0 Å². The third kappa shape index (κ3) is 4.32. The van der Waals surface area contributed by atoms with Crippen LogP contribution in [0.4, 0.5) is 14.9 Å². The van der Waals surface area contributed by atoms with Gasteiger partial charge in [0.25, 0.3) is 5.91 Å². The van der Waals surface area contributed by atoms with Crippen LogP contribution in [0.2, 0.25) is 0 Å². The van der Waals surface area contributed by atoms with Crippen LogP contribution in [-0.4, -0.2) is 35.6 Å². The molecule has 28 heavy (non-hydrogen) atoms. The molecule has 0 saturated heterocycles. The Morgan fingerprint density at radius 2 is 1.82 bits per heavy atom. The Bertz CT molecular complexity index is 874. The van der Waals surface area contributed by atoms with Gasteiger partial charge < -0.3 is 9.64 Å². The van der Waals surface area contributed by atoms with Crippen molar-refractivity contribution in [3.05, 3.63) is 65.5 Å². The second-order valence-electron chi connectivity index (χ2n) is 7.99. The molecule has 0 bridgehead atoms. The van der Waals surface area contributed by atoms with Crippen molar-refractivity contribution in [2.75, 3.05) is 11.9 Å². The largest absolute Gasteiger partial charge is 0.444 e. The molecule has 1 aliphatic heterocycles. The number of halogens is 1. The summed E-state index contributed by atoms with van der Waals surface area (Å²) in [7, 11) is 1.58. The van der Waals surface area contributed by atoms with E-state index in [0.717, 1.165) is 16.8 Å². The van der Waals surface area contributed by atoms with Crippen LogP contribution in [0.5, 0.6) is 0 Å². The Balaban J connectivity index is 1.90. The number of carbonyl (C=O) groups excluding carboxylic acids is 2. The first kappa shape index (κ1) is 19.9. The van der Waals surface area contributed by atoms with Gasteiger partial charge in [-0.3, -0.25) is 9.69 Å². The Morgan fingerprint density at radius 1 is 1.18 bits per heavy atom. The molecule has 2 amide bonds. The quantitative estimate of drug-likeness (QED) is 0.799. The van der Waals surface area contributed by atoms with Crippen molar-refractivity contribution in [1.29, 1.82) is 0 Å². The number of nitrogens with zero attached hydrogens (tertiary/aromatic N) is 2. The molecule has 0 fully saturated rings. The van der Waals surface area contributed by atoms with Crippen LogP contribution in [-0.2, 0) is 22.5 Å². The molecule has 2 aromatic carbocycles. The first-order valence-corrected chi connectivity index (χ1v) is 9.25. The van der Waals surface area contributed by atoms with Crippen molar-refractivity contribution in [2.24, 2.45) is 0 Å². The van der Waals surface area contributed by atoms with Crippen LogP contribution in [0.15, 0.2) is 48.5 Å². The summed E-state index contributed by atoms with van der Waals surface area (Å²) in [5.41, 5.74) is 1.95. The Morgan fingerprint density at radius 3 is 2.46 bits per heavy atom. The predicted octanol–water partition coefficient (Wildman–Crippen LogP) is 4.15. The molecular weight excluding hydrogens is 359 g/mol. The highest BCUT2D eigenvalue weighted by molar-refractivity contribution is 6.01. The van der Waals surface area contributed by atoms with Crippen molar-refractivity contribution in [1.82, 2.24) is 4.90 Å². The zero-order valence-electron chi connectivity index (χ0n) is 16.6. The van der Waals surface area contributed by atoms with Crippen LogP contribution in [0.1, 0.15) is 31.9 Å². The summed E-state index contributed by atoms with van der Waals surface area (Å²) in [5, 5.41) is 0. The highest BCUT2D eigenvalue weighted by Gasteiger charge is 2.38. The van der Waals surface area contributed by atoms with Crippen LogP contribution in [0.3, 0.4) is 0 Å². The fourth-order valence-electron chi connectivity index (χ4n) is 3.24. The second-order valence-corrected chi connectivity index (χ2v) is 7.99. The number of hydrogen-bond acceptors (Lipinski definition) is 3. The van der Waals surface area contributed by atoms with E-state index >= 15 is 0 Å². The van der Waals surface area contributed by atoms with E-state index in [0.29, 0.717) is 13.0 Å². The van der Waals surface area contributed by atoms with Crippen molar-refractivity contribution >= 4 is 17.7 Å². The van der Waals surface area contributed by atoms with E-state index in [1.165, 1.54) is 17.0 Å². The third-order valence-corrected chi connectivity index (χ3v) is 4.65. The molecule has 0 spiro atoms. The number of carbonyl (C=O) groups is 2. The first-order chi connectivity index (χ1) is 13.2. The SMILES string of the molecule is CN(C(=O)OC(C)(C)C)C1Cc2ccccc2N(Cc2ccc(F)cc2)C1=O. The number of anilines is 1. The molecule has 6 heteroatoms.